The van der Waals surface area contributed by atoms with Gasteiger partial charge in [-0.2, -0.15) is 8.42 Å². The third kappa shape index (κ3) is 4.39. The second-order valence-electron chi connectivity index (χ2n) is 5.00. The van der Waals surface area contributed by atoms with Gasteiger partial charge in [-0.25, -0.2) is 0 Å². The van der Waals surface area contributed by atoms with Gasteiger partial charge in [-0.1, -0.05) is 6.07 Å². The van der Waals surface area contributed by atoms with Gasteiger partial charge in [0, 0.05) is 31.1 Å². The van der Waals surface area contributed by atoms with Crippen LogP contribution in [0.15, 0.2) is 40.2 Å². The first-order chi connectivity index (χ1) is 10.4. The second kappa shape index (κ2) is 6.69. The Morgan fingerprint density at radius 2 is 2.14 bits per heavy atom. The number of aromatic nitrogens is 1. The number of amides is 1. The minimum Gasteiger partial charge on any atom is -0.352 e. The topological polar surface area (TPSA) is 101 Å². The van der Waals surface area contributed by atoms with E-state index in [-0.39, 0.29) is 12.3 Å². The second-order valence-corrected chi connectivity index (χ2v) is 6.33. The zero-order chi connectivity index (χ0) is 16.2. The lowest BCUT2D eigenvalue weighted by molar-refractivity contribution is -0.121. The van der Waals surface area contributed by atoms with Crippen LogP contribution in [0.2, 0.25) is 0 Å². The van der Waals surface area contributed by atoms with Crippen LogP contribution in [-0.2, 0) is 21.5 Å². The SMILES string of the molecule is CC1=NS(=O)(=O)NC(C)=C1CCC(=O)NCc1cccnc1. The number of hydrogen-bond donors (Lipinski definition) is 2. The molecule has 0 aromatic carbocycles. The molecule has 2 N–H and O–H groups in total. The van der Waals surface area contributed by atoms with E-state index >= 15 is 0 Å². The molecule has 2 heterocycles. The van der Waals surface area contributed by atoms with Crippen molar-refractivity contribution in [3.05, 3.63) is 41.4 Å². The first-order valence-electron chi connectivity index (χ1n) is 6.82. The van der Waals surface area contributed by atoms with Crippen molar-refractivity contribution < 1.29 is 13.2 Å². The Bertz CT molecular complexity index is 724. The standard InChI is InChI=1S/C14H18N4O3S/c1-10-13(11(2)18-22(20,21)17-10)5-6-14(19)16-9-12-4-3-7-15-8-12/h3-4,7-8,17H,5-6,9H2,1-2H3,(H,16,19). The molecule has 2 rings (SSSR count). The van der Waals surface area contributed by atoms with Gasteiger partial charge in [-0.15, -0.1) is 4.40 Å². The van der Waals surface area contributed by atoms with E-state index in [0.717, 1.165) is 11.1 Å². The van der Waals surface area contributed by atoms with Crippen molar-refractivity contribution >= 4 is 21.8 Å². The Balaban J connectivity index is 1.88. The van der Waals surface area contributed by atoms with Crippen LogP contribution >= 0.6 is 0 Å². The largest absolute Gasteiger partial charge is 0.352 e. The smallest absolute Gasteiger partial charge is 0.342 e. The molecule has 118 valence electrons. The third-order valence-electron chi connectivity index (χ3n) is 3.24. The molecule has 22 heavy (non-hydrogen) atoms. The molecule has 0 saturated heterocycles. The summed E-state index contributed by atoms with van der Waals surface area (Å²) in [6.07, 6.45) is 4.07. The molecule has 0 spiro atoms. The Morgan fingerprint density at radius 3 is 2.77 bits per heavy atom. The van der Waals surface area contributed by atoms with Crippen LogP contribution in [0.4, 0.5) is 0 Å². The van der Waals surface area contributed by atoms with Gasteiger partial charge in [0.25, 0.3) is 0 Å². The normalized spacial score (nSPS) is 16.7. The molecule has 1 amide bonds. The van der Waals surface area contributed by atoms with Crippen LogP contribution in [0, 0.1) is 0 Å². The fourth-order valence-corrected chi connectivity index (χ4v) is 3.21. The number of carbonyl (C=O) groups excluding carboxylic acids is 1. The number of nitrogens with zero attached hydrogens (tertiary/aromatic N) is 2. The number of rotatable bonds is 5. The average Bonchev–Trinajstić information content (AvgIpc) is 2.44. The third-order valence-corrected chi connectivity index (χ3v) is 4.32. The van der Waals surface area contributed by atoms with Crippen LogP contribution in [0.25, 0.3) is 0 Å². The van der Waals surface area contributed by atoms with E-state index in [4.69, 9.17) is 0 Å². The van der Waals surface area contributed by atoms with E-state index in [9.17, 15) is 13.2 Å². The maximum Gasteiger partial charge on any atom is 0.342 e. The van der Waals surface area contributed by atoms with Gasteiger partial charge < -0.3 is 5.32 Å². The van der Waals surface area contributed by atoms with Crippen molar-refractivity contribution in [2.24, 2.45) is 4.40 Å². The molecular weight excluding hydrogens is 304 g/mol. The molecule has 0 aliphatic carbocycles. The number of nitrogens with one attached hydrogen (secondary N) is 2. The highest BCUT2D eigenvalue weighted by molar-refractivity contribution is 7.88. The minimum absolute atomic E-state index is 0.106. The summed E-state index contributed by atoms with van der Waals surface area (Å²) >= 11 is 0. The quantitative estimate of drug-likeness (QED) is 0.846. The highest BCUT2D eigenvalue weighted by atomic mass is 32.2. The maximum absolute atomic E-state index is 11.9. The van der Waals surface area contributed by atoms with Crippen LogP contribution < -0.4 is 10.0 Å². The van der Waals surface area contributed by atoms with Gasteiger partial charge in [0.2, 0.25) is 5.91 Å². The number of hydrogen-bond acceptors (Lipinski definition) is 4. The predicted molar refractivity (Wildman–Crippen MR) is 83.2 cm³/mol. The number of allylic oxidation sites excluding steroid dienone is 2. The summed E-state index contributed by atoms with van der Waals surface area (Å²) in [5.74, 6) is -0.106. The molecule has 0 unspecified atom stereocenters. The summed E-state index contributed by atoms with van der Waals surface area (Å²) in [4.78, 5) is 15.8. The lowest BCUT2D eigenvalue weighted by Crippen LogP contribution is -2.29. The van der Waals surface area contributed by atoms with Crippen molar-refractivity contribution in [3.8, 4) is 0 Å². The molecule has 7 nitrogen and oxygen atoms in total. The van der Waals surface area contributed by atoms with Gasteiger partial charge in [-0.05, 0) is 37.5 Å². The highest BCUT2D eigenvalue weighted by Crippen LogP contribution is 2.17. The highest BCUT2D eigenvalue weighted by Gasteiger charge is 2.20. The van der Waals surface area contributed by atoms with E-state index in [1.807, 2.05) is 12.1 Å². The average molecular weight is 322 g/mol. The number of pyridine rings is 1. The summed E-state index contributed by atoms with van der Waals surface area (Å²) in [5, 5.41) is 2.80. The lowest BCUT2D eigenvalue weighted by Gasteiger charge is -2.17. The Labute approximate surface area is 129 Å². The molecule has 0 radical (unpaired) electrons. The van der Waals surface area contributed by atoms with Crippen molar-refractivity contribution in [2.45, 2.75) is 33.2 Å². The van der Waals surface area contributed by atoms with Crippen LogP contribution in [0.3, 0.4) is 0 Å². The summed E-state index contributed by atoms with van der Waals surface area (Å²) in [5.41, 5.74) is 2.63. The number of carbonyl (C=O) groups is 1. The van der Waals surface area contributed by atoms with Crippen LogP contribution in [0.5, 0.6) is 0 Å². The lowest BCUT2D eigenvalue weighted by atomic mass is 10.0. The molecule has 1 aliphatic heterocycles. The summed E-state index contributed by atoms with van der Waals surface area (Å²) < 4.78 is 28.7. The van der Waals surface area contributed by atoms with Crippen LogP contribution in [0.1, 0.15) is 32.3 Å². The van der Waals surface area contributed by atoms with Gasteiger partial charge in [0.1, 0.15) is 0 Å². The summed E-state index contributed by atoms with van der Waals surface area (Å²) in [6.45, 7) is 3.72. The molecule has 0 saturated carbocycles. The molecule has 0 bridgehead atoms. The van der Waals surface area contributed by atoms with E-state index in [1.54, 1.807) is 26.2 Å². The van der Waals surface area contributed by atoms with E-state index < -0.39 is 10.2 Å². The Morgan fingerprint density at radius 1 is 1.36 bits per heavy atom. The summed E-state index contributed by atoms with van der Waals surface area (Å²) in [6, 6.07) is 3.69. The fourth-order valence-electron chi connectivity index (χ4n) is 2.18. The minimum atomic E-state index is -3.63. The fraction of sp³-hybridized carbons (Fsp3) is 0.357. The van der Waals surface area contributed by atoms with Crippen molar-refractivity contribution in [1.82, 2.24) is 15.0 Å². The van der Waals surface area contributed by atoms with Gasteiger partial charge >= 0.3 is 10.2 Å². The molecule has 0 atom stereocenters. The van der Waals surface area contributed by atoms with Crippen molar-refractivity contribution in [3.63, 3.8) is 0 Å². The van der Waals surface area contributed by atoms with Gasteiger partial charge in [-0.3, -0.25) is 14.5 Å². The Hall–Kier alpha value is -2.22. The monoisotopic (exact) mass is 322 g/mol. The predicted octanol–water partition coefficient (Wildman–Crippen LogP) is 1.06. The van der Waals surface area contributed by atoms with Crippen LogP contribution in [-0.4, -0.2) is 25.0 Å². The van der Waals surface area contributed by atoms with E-state index in [0.29, 0.717) is 24.4 Å². The Kier molecular flexibility index (Phi) is 4.92. The maximum atomic E-state index is 11.9. The summed E-state index contributed by atoms with van der Waals surface area (Å²) in [7, 11) is -3.63. The van der Waals surface area contributed by atoms with E-state index in [1.165, 1.54) is 0 Å². The zero-order valence-electron chi connectivity index (χ0n) is 12.5. The zero-order valence-corrected chi connectivity index (χ0v) is 13.3. The van der Waals surface area contributed by atoms with E-state index in [2.05, 4.69) is 19.4 Å². The van der Waals surface area contributed by atoms with Gasteiger partial charge in [0.15, 0.2) is 0 Å². The van der Waals surface area contributed by atoms with Crippen molar-refractivity contribution in [2.75, 3.05) is 0 Å². The van der Waals surface area contributed by atoms with Gasteiger partial charge in [0.05, 0.1) is 5.71 Å². The first kappa shape index (κ1) is 16.2. The first-order valence-corrected chi connectivity index (χ1v) is 8.26. The molecule has 0 fully saturated rings. The molecule has 1 aromatic heterocycles. The van der Waals surface area contributed by atoms with Crippen molar-refractivity contribution in [1.29, 1.82) is 0 Å². The molecule has 1 aromatic rings. The molecular formula is C14H18N4O3S. The molecule has 8 heteroatoms. The molecule has 1 aliphatic rings.